The molecule has 0 fully saturated rings. The van der Waals surface area contributed by atoms with Crippen LogP contribution in [0.5, 0.6) is 11.5 Å². The lowest BCUT2D eigenvalue weighted by Gasteiger charge is -2.13. The van der Waals surface area contributed by atoms with Gasteiger partial charge in [-0.2, -0.15) is 0 Å². The van der Waals surface area contributed by atoms with E-state index < -0.39 is 12.7 Å². The number of hydrogen-bond acceptors (Lipinski definition) is 4. The predicted molar refractivity (Wildman–Crippen MR) is 120 cm³/mol. The Labute approximate surface area is 198 Å². The number of hydrogen-bond donors (Lipinski definition) is 1. The first kappa shape index (κ1) is 25.2. The number of rotatable bonds is 7. The normalized spacial score (nSPS) is 12.6. The van der Waals surface area contributed by atoms with E-state index in [1.807, 2.05) is 12.1 Å². The SMILES string of the molecule is FC(F)(F)Oc1ccc(N=C/C=C(/Nc2ccc(OC(F)(F)F)cc2)c2ccc(Br)cc2)cc1. The van der Waals surface area contributed by atoms with Crippen LogP contribution in [0.15, 0.2) is 88.3 Å². The molecule has 0 aromatic heterocycles. The van der Waals surface area contributed by atoms with E-state index in [0.29, 0.717) is 17.1 Å². The van der Waals surface area contributed by atoms with Crippen molar-refractivity contribution < 1.29 is 35.8 Å². The van der Waals surface area contributed by atoms with Crippen molar-refractivity contribution in [2.24, 2.45) is 4.99 Å². The lowest BCUT2D eigenvalue weighted by atomic mass is 10.1. The number of allylic oxidation sites excluding steroid dienone is 1. The van der Waals surface area contributed by atoms with Gasteiger partial charge in [0.1, 0.15) is 11.5 Å². The number of aliphatic imine (C=N–C) groups is 1. The van der Waals surface area contributed by atoms with Gasteiger partial charge in [-0.3, -0.25) is 4.99 Å². The molecule has 4 nitrogen and oxygen atoms in total. The first-order valence-electron chi connectivity index (χ1n) is 9.46. The Bertz CT molecular complexity index is 1140. The third-order valence-corrected chi connectivity index (χ3v) is 4.59. The van der Waals surface area contributed by atoms with Crippen molar-refractivity contribution in [1.82, 2.24) is 0 Å². The van der Waals surface area contributed by atoms with E-state index in [9.17, 15) is 26.3 Å². The van der Waals surface area contributed by atoms with E-state index in [4.69, 9.17) is 0 Å². The van der Waals surface area contributed by atoms with E-state index in [1.165, 1.54) is 42.6 Å². The van der Waals surface area contributed by atoms with Crippen molar-refractivity contribution in [2.45, 2.75) is 12.7 Å². The zero-order valence-corrected chi connectivity index (χ0v) is 18.6. The van der Waals surface area contributed by atoms with Crippen molar-refractivity contribution in [3.8, 4) is 11.5 Å². The van der Waals surface area contributed by atoms with E-state index in [1.54, 1.807) is 18.2 Å². The van der Waals surface area contributed by atoms with Gasteiger partial charge in [0.05, 0.1) is 5.69 Å². The molecule has 0 saturated heterocycles. The molecule has 0 amide bonds. The van der Waals surface area contributed by atoms with E-state index in [0.717, 1.165) is 22.2 Å². The van der Waals surface area contributed by atoms with Gasteiger partial charge >= 0.3 is 12.7 Å². The standard InChI is InChI=1S/C23H15BrF6N2O2/c24-16-3-1-15(2-4-16)21(32-18-7-11-20(12-8-18)34-23(28,29)30)13-14-31-17-5-9-19(10-6-17)33-22(25,26)27/h1-14,32H/b21-13+,31-14?. The molecule has 0 heterocycles. The molecule has 0 spiro atoms. The topological polar surface area (TPSA) is 42.8 Å². The summed E-state index contributed by atoms with van der Waals surface area (Å²) in [5, 5.41) is 3.10. The van der Waals surface area contributed by atoms with Crippen molar-refractivity contribution >= 4 is 39.2 Å². The summed E-state index contributed by atoms with van der Waals surface area (Å²) in [5.74, 6) is -0.719. The molecule has 3 rings (SSSR count). The van der Waals surface area contributed by atoms with Gasteiger partial charge in [-0.25, -0.2) is 0 Å². The molecule has 3 aromatic carbocycles. The molecule has 0 bridgehead atoms. The van der Waals surface area contributed by atoms with Gasteiger partial charge in [-0.05, 0) is 72.3 Å². The second-order valence-corrected chi connectivity index (χ2v) is 7.52. The number of anilines is 1. The second-order valence-electron chi connectivity index (χ2n) is 6.60. The van der Waals surface area contributed by atoms with E-state index >= 15 is 0 Å². The Kier molecular flexibility index (Phi) is 7.87. The second kappa shape index (κ2) is 10.6. The lowest BCUT2D eigenvalue weighted by molar-refractivity contribution is -0.275. The van der Waals surface area contributed by atoms with Crippen molar-refractivity contribution in [3.63, 3.8) is 0 Å². The summed E-state index contributed by atoms with van der Waals surface area (Å²) in [4.78, 5) is 4.19. The summed E-state index contributed by atoms with van der Waals surface area (Å²) >= 11 is 3.35. The van der Waals surface area contributed by atoms with Gasteiger partial charge in [0.15, 0.2) is 0 Å². The average Bonchev–Trinajstić information content (AvgIpc) is 2.74. The highest BCUT2D eigenvalue weighted by molar-refractivity contribution is 9.10. The molecule has 0 unspecified atom stereocenters. The highest BCUT2D eigenvalue weighted by atomic mass is 79.9. The molecular weight excluding hydrogens is 530 g/mol. The molecule has 0 aliphatic carbocycles. The van der Waals surface area contributed by atoms with Crippen LogP contribution < -0.4 is 14.8 Å². The van der Waals surface area contributed by atoms with Gasteiger partial charge in [0.2, 0.25) is 0 Å². The van der Waals surface area contributed by atoms with Crippen LogP contribution in [-0.4, -0.2) is 18.9 Å². The fourth-order valence-corrected chi connectivity index (χ4v) is 2.93. The molecule has 34 heavy (non-hydrogen) atoms. The number of ether oxygens (including phenoxy) is 2. The van der Waals surface area contributed by atoms with Crippen molar-refractivity contribution in [3.05, 3.63) is 88.9 Å². The van der Waals surface area contributed by atoms with Gasteiger partial charge in [0.25, 0.3) is 0 Å². The Balaban J connectivity index is 1.78. The monoisotopic (exact) mass is 544 g/mol. The fraction of sp³-hybridized carbons (Fsp3) is 0.0870. The summed E-state index contributed by atoms with van der Waals surface area (Å²) in [5.41, 5.74) is 2.19. The van der Waals surface area contributed by atoms with Gasteiger partial charge in [-0.1, -0.05) is 28.1 Å². The Morgan fingerprint density at radius 3 is 1.74 bits per heavy atom. The van der Waals surface area contributed by atoms with Crippen LogP contribution in [-0.2, 0) is 0 Å². The maximum Gasteiger partial charge on any atom is 0.573 e. The number of benzene rings is 3. The summed E-state index contributed by atoms with van der Waals surface area (Å²) in [6, 6.07) is 17.4. The highest BCUT2D eigenvalue weighted by Gasteiger charge is 2.31. The Hall–Kier alpha value is -3.47. The van der Waals surface area contributed by atoms with E-state index in [-0.39, 0.29) is 11.5 Å². The molecule has 3 aromatic rings. The molecule has 1 N–H and O–H groups in total. The zero-order chi connectivity index (χ0) is 24.8. The minimum Gasteiger partial charge on any atom is -0.406 e. The summed E-state index contributed by atoms with van der Waals surface area (Å²) < 4.78 is 82.4. The maximum absolute atomic E-state index is 12.4. The average molecular weight is 545 g/mol. The first-order chi connectivity index (χ1) is 16.0. The van der Waals surface area contributed by atoms with Crippen molar-refractivity contribution in [2.75, 3.05) is 5.32 Å². The predicted octanol–water partition coefficient (Wildman–Crippen LogP) is 8.10. The molecule has 0 aliphatic rings. The first-order valence-corrected chi connectivity index (χ1v) is 10.3. The molecule has 0 aliphatic heterocycles. The molecule has 0 radical (unpaired) electrons. The third kappa shape index (κ3) is 8.47. The van der Waals surface area contributed by atoms with Crippen LogP contribution >= 0.6 is 15.9 Å². The summed E-state index contributed by atoms with van der Waals surface area (Å²) in [7, 11) is 0. The molecule has 11 heteroatoms. The smallest absolute Gasteiger partial charge is 0.406 e. The summed E-state index contributed by atoms with van der Waals surface area (Å²) in [6.45, 7) is 0. The quantitative estimate of drug-likeness (QED) is 0.241. The Morgan fingerprint density at radius 2 is 1.24 bits per heavy atom. The van der Waals surface area contributed by atoms with Crippen LogP contribution in [0, 0.1) is 0 Å². The van der Waals surface area contributed by atoms with Crippen LogP contribution in [0.1, 0.15) is 5.56 Å². The van der Waals surface area contributed by atoms with Crippen LogP contribution in [0.4, 0.5) is 37.7 Å². The molecular formula is C23H15BrF6N2O2. The third-order valence-electron chi connectivity index (χ3n) is 4.06. The fourth-order valence-electron chi connectivity index (χ4n) is 2.67. The number of alkyl halides is 6. The van der Waals surface area contributed by atoms with Crippen LogP contribution in [0.2, 0.25) is 0 Å². The molecule has 178 valence electrons. The summed E-state index contributed by atoms with van der Waals surface area (Å²) in [6.07, 6.45) is -6.52. The minimum absolute atomic E-state index is 0.355. The number of nitrogens with zero attached hydrogens (tertiary/aromatic N) is 1. The zero-order valence-electron chi connectivity index (χ0n) is 17.0. The largest absolute Gasteiger partial charge is 0.573 e. The van der Waals surface area contributed by atoms with Gasteiger partial charge in [-0.15, -0.1) is 26.3 Å². The highest BCUT2D eigenvalue weighted by Crippen LogP contribution is 2.27. The molecule has 0 atom stereocenters. The van der Waals surface area contributed by atoms with Gasteiger partial charge in [0, 0.05) is 22.1 Å². The maximum atomic E-state index is 12.4. The van der Waals surface area contributed by atoms with Gasteiger partial charge < -0.3 is 14.8 Å². The Morgan fingerprint density at radius 1 is 0.735 bits per heavy atom. The van der Waals surface area contributed by atoms with E-state index in [2.05, 4.69) is 35.7 Å². The van der Waals surface area contributed by atoms with Crippen molar-refractivity contribution in [1.29, 1.82) is 0 Å². The molecule has 0 saturated carbocycles. The number of halogens is 7. The number of nitrogens with one attached hydrogen (secondary N) is 1. The minimum atomic E-state index is -4.79. The lowest BCUT2D eigenvalue weighted by Crippen LogP contribution is -2.17. The van der Waals surface area contributed by atoms with Crippen LogP contribution in [0.25, 0.3) is 5.70 Å². The van der Waals surface area contributed by atoms with Crippen LogP contribution in [0.3, 0.4) is 0 Å².